The van der Waals surface area contributed by atoms with E-state index in [2.05, 4.69) is 42.8 Å². The Balaban J connectivity index is 0.000000236. The molecule has 0 unspecified atom stereocenters. The maximum absolute atomic E-state index is 12.6. The number of nitrogens with zero attached hydrogens (tertiary/aromatic N) is 6. The van der Waals surface area contributed by atoms with Crippen LogP contribution in [-0.4, -0.2) is 37.5 Å². The van der Waals surface area contributed by atoms with Crippen molar-refractivity contribution in [1.29, 1.82) is 0 Å². The summed E-state index contributed by atoms with van der Waals surface area (Å²) < 4.78 is 16.6. The number of imidazole rings is 2. The van der Waals surface area contributed by atoms with Crippen molar-refractivity contribution in [3.63, 3.8) is 0 Å². The zero-order valence-corrected chi connectivity index (χ0v) is 19.5. The molecule has 0 aliphatic heterocycles. The summed E-state index contributed by atoms with van der Waals surface area (Å²) in [7, 11) is 3.63. The fourth-order valence-corrected chi connectivity index (χ4v) is 3.12. The summed E-state index contributed by atoms with van der Waals surface area (Å²) in [5.74, 6) is -0.240. The van der Waals surface area contributed by atoms with Gasteiger partial charge in [0.15, 0.2) is 0 Å². The van der Waals surface area contributed by atoms with Crippen LogP contribution in [0.25, 0.3) is 11.0 Å². The van der Waals surface area contributed by atoms with E-state index in [1.165, 1.54) is 23.4 Å². The summed E-state index contributed by atoms with van der Waals surface area (Å²) in [6, 6.07) is 8.61. The second-order valence-electron chi connectivity index (χ2n) is 6.74. The fraction of sp³-hybridized carbons (Fsp3) is 0.333. The Morgan fingerprint density at radius 1 is 1.16 bits per heavy atom. The van der Waals surface area contributed by atoms with Crippen LogP contribution in [0, 0.1) is 5.82 Å². The van der Waals surface area contributed by atoms with Crippen LogP contribution in [0.4, 0.5) is 4.39 Å². The largest absolute Gasteiger partial charge is 0.371 e. The Labute approximate surface area is 189 Å². The van der Waals surface area contributed by atoms with Crippen molar-refractivity contribution >= 4 is 17.4 Å². The van der Waals surface area contributed by atoms with Crippen LogP contribution >= 0.6 is 0 Å². The minimum Gasteiger partial charge on any atom is -0.371 e. The average Bonchev–Trinajstić information content (AvgIpc) is 3.39. The summed E-state index contributed by atoms with van der Waals surface area (Å²) in [6.45, 7) is 7.65. The zero-order valence-electron chi connectivity index (χ0n) is 19.5. The highest BCUT2D eigenvalue weighted by Gasteiger charge is 2.09. The second-order valence-corrected chi connectivity index (χ2v) is 6.74. The third-order valence-corrected chi connectivity index (χ3v) is 4.62. The normalized spacial score (nSPS) is 10.4. The molecule has 3 heterocycles. The lowest BCUT2D eigenvalue weighted by Crippen LogP contribution is -2.16. The predicted octanol–water partition coefficient (Wildman–Crippen LogP) is 4.38. The molecule has 1 aromatic carbocycles. The molecule has 4 aromatic rings. The maximum Gasteiger partial charge on any atom is 0.125 e. The van der Waals surface area contributed by atoms with Crippen molar-refractivity contribution in [2.24, 2.45) is 12.0 Å². The lowest BCUT2D eigenvalue weighted by atomic mass is 10.2. The van der Waals surface area contributed by atoms with Crippen LogP contribution in [0.15, 0.2) is 60.4 Å². The molecule has 0 bridgehead atoms. The lowest BCUT2D eigenvalue weighted by Gasteiger charge is -2.09. The molecular weight excluding hydrogens is 405 g/mol. The van der Waals surface area contributed by atoms with Crippen LogP contribution in [0.3, 0.4) is 0 Å². The van der Waals surface area contributed by atoms with Crippen molar-refractivity contribution in [2.75, 3.05) is 7.05 Å². The van der Waals surface area contributed by atoms with Crippen LogP contribution in [-0.2, 0) is 26.6 Å². The Bertz CT molecular complexity index is 1100. The molecule has 0 aliphatic rings. The molecule has 170 valence electrons. The quantitative estimate of drug-likeness (QED) is 0.359. The first-order valence-corrected chi connectivity index (χ1v) is 10.7. The third-order valence-electron chi connectivity index (χ3n) is 4.62. The van der Waals surface area contributed by atoms with Gasteiger partial charge in [-0.3, -0.25) is 9.98 Å². The van der Waals surface area contributed by atoms with Crippen molar-refractivity contribution in [1.82, 2.24) is 29.4 Å². The van der Waals surface area contributed by atoms with Crippen LogP contribution < -0.4 is 5.32 Å². The number of nitrogens with one attached hydrogen (secondary N) is 1. The number of pyridine rings is 1. The van der Waals surface area contributed by atoms with Gasteiger partial charge in [0.25, 0.3) is 0 Å². The molecule has 0 atom stereocenters. The number of aromatic nitrogens is 5. The SMILES string of the molecule is CC.CCc1ncn(Cc2cccnc2)c1CNC=NC.Cn1cnc2cc(F)ccc21. The molecule has 0 saturated carbocycles. The Kier molecular flexibility index (Phi) is 10.0. The molecule has 0 spiro atoms. The van der Waals surface area contributed by atoms with E-state index in [1.807, 2.05) is 44.1 Å². The van der Waals surface area contributed by atoms with Gasteiger partial charge in [-0.2, -0.15) is 0 Å². The number of aryl methyl sites for hydroxylation is 2. The van der Waals surface area contributed by atoms with Crippen LogP contribution in [0.2, 0.25) is 0 Å². The number of benzene rings is 1. The van der Waals surface area contributed by atoms with Gasteiger partial charge in [0.05, 0.1) is 54.5 Å². The predicted molar refractivity (Wildman–Crippen MR) is 128 cm³/mol. The monoisotopic (exact) mass is 437 g/mol. The molecule has 8 heteroatoms. The maximum atomic E-state index is 12.6. The summed E-state index contributed by atoms with van der Waals surface area (Å²) in [6.07, 6.45) is 9.88. The van der Waals surface area contributed by atoms with E-state index < -0.39 is 0 Å². The van der Waals surface area contributed by atoms with Gasteiger partial charge in [-0.05, 0) is 30.2 Å². The van der Waals surface area contributed by atoms with Crippen molar-refractivity contribution in [3.8, 4) is 0 Å². The van der Waals surface area contributed by atoms with Crippen molar-refractivity contribution in [2.45, 2.75) is 40.3 Å². The van der Waals surface area contributed by atoms with Gasteiger partial charge in [-0.1, -0.05) is 26.8 Å². The van der Waals surface area contributed by atoms with Gasteiger partial charge < -0.3 is 14.5 Å². The third kappa shape index (κ3) is 6.73. The first-order valence-electron chi connectivity index (χ1n) is 10.7. The van der Waals surface area contributed by atoms with Gasteiger partial charge in [0, 0.05) is 32.6 Å². The van der Waals surface area contributed by atoms with Gasteiger partial charge >= 0.3 is 0 Å². The van der Waals surface area contributed by atoms with Crippen molar-refractivity contribution in [3.05, 3.63) is 78.1 Å². The van der Waals surface area contributed by atoms with E-state index in [9.17, 15) is 4.39 Å². The smallest absolute Gasteiger partial charge is 0.125 e. The van der Waals surface area contributed by atoms with Crippen molar-refractivity contribution < 1.29 is 4.39 Å². The molecule has 0 radical (unpaired) electrons. The van der Waals surface area contributed by atoms with Gasteiger partial charge in [0.2, 0.25) is 0 Å². The van der Waals surface area contributed by atoms with E-state index in [1.54, 1.807) is 32.0 Å². The van der Waals surface area contributed by atoms with E-state index in [-0.39, 0.29) is 5.82 Å². The number of hydrogen-bond donors (Lipinski definition) is 1. The number of aliphatic imine (C=N–C) groups is 1. The minimum absolute atomic E-state index is 0.240. The number of halogens is 1. The molecule has 0 amide bonds. The second kappa shape index (κ2) is 13.0. The lowest BCUT2D eigenvalue weighted by molar-refractivity contribution is 0.629. The molecule has 32 heavy (non-hydrogen) atoms. The van der Waals surface area contributed by atoms with Gasteiger partial charge in [0.1, 0.15) is 5.82 Å². The van der Waals surface area contributed by atoms with Crippen LogP contribution in [0.5, 0.6) is 0 Å². The fourth-order valence-electron chi connectivity index (χ4n) is 3.12. The standard InChI is InChI=1S/C14H19N5.C8H7FN2.C2H6/c1-3-13-14(8-17-10-15-2)19(11-18-13)9-12-5-4-6-16-7-12;1-11-5-10-7-4-6(9)2-3-8(7)11;1-2/h4-7,10-11H,3,8-9H2,1-2H3,(H,15,17);2-5H,1H3;1-2H3. The Morgan fingerprint density at radius 2 is 1.97 bits per heavy atom. The summed E-state index contributed by atoms with van der Waals surface area (Å²) >= 11 is 0. The highest BCUT2D eigenvalue weighted by atomic mass is 19.1. The van der Waals surface area contributed by atoms with Gasteiger partial charge in [-0.25, -0.2) is 14.4 Å². The van der Waals surface area contributed by atoms with Crippen LogP contribution in [0.1, 0.15) is 37.7 Å². The molecule has 0 fully saturated rings. The minimum atomic E-state index is -0.240. The van der Waals surface area contributed by atoms with E-state index in [4.69, 9.17) is 0 Å². The molecule has 7 nitrogen and oxygen atoms in total. The first kappa shape index (κ1) is 24.7. The molecular formula is C24H32FN7. The Morgan fingerprint density at radius 3 is 2.66 bits per heavy atom. The molecule has 0 saturated heterocycles. The topological polar surface area (TPSA) is 72.9 Å². The highest BCUT2D eigenvalue weighted by molar-refractivity contribution is 5.74. The molecule has 1 N–H and O–H groups in total. The molecule has 3 aromatic heterocycles. The van der Waals surface area contributed by atoms with E-state index >= 15 is 0 Å². The Hall–Kier alpha value is -3.55. The number of hydrogen-bond acceptors (Lipinski definition) is 4. The first-order chi connectivity index (χ1) is 15.6. The number of rotatable bonds is 6. The summed E-state index contributed by atoms with van der Waals surface area (Å²) in [5.41, 5.74) is 5.15. The zero-order chi connectivity index (χ0) is 23.3. The molecule has 4 rings (SSSR count). The highest BCUT2D eigenvalue weighted by Crippen LogP contribution is 2.12. The average molecular weight is 438 g/mol. The van der Waals surface area contributed by atoms with E-state index in [0.29, 0.717) is 5.52 Å². The van der Waals surface area contributed by atoms with Gasteiger partial charge in [-0.15, -0.1) is 0 Å². The molecule has 0 aliphatic carbocycles. The number of fused-ring (bicyclic) bond motifs is 1. The summed E-state index contributed by atoms with van der Waals surface area (Å²) in [5, 5.41) is 3.17. The van der Waals surface area contributed by atoms with E-state index in [0.717, 1.165) is 30.7 Å². The summed E-state index contributed by atoms with van der Waals surface area (Å²) in [4.78, 5) is 16.5.